The van der Waals surface area contributed by atoms with E-state index >= 15 is 0 Å². The first kappa shape index (κ1) is 17.2. The van der Waals surface area contributed by atoms with Gasteiger partial charge in [0.2, 0.25) is 11.8 Å². The lowest BCUT2D eigenvalue weighted by Gasteiger charge is -2.26. The van der Waals surface area contributed by atoms with Crippen LogP contribution >= 0.6 is 11.8 Å². The van der Waals surface area contributed by atoms with Gasteiger partial charge in [0.25, 0.3) is 0 Å². The number of amides is 2. The van der Waals surface area contributed by atoms with E-state index in [2.05, 4.69) is 5.32 Å². The minimum Gasteiger partial charge on any atom is -0.389 e. The van der Waals surface area contributed by atoms with Crippen LogP contribution in [-0.2, 0) is 19.1 Å². The molecule has 1 aliphatic heterocycles. The number of carbonyl (C=O) groups excluding carboxylic acids is 2. The van der Waals surface area contributed by atoms with Gasteiger partial charge in [-0.3, -0.25) is 9.59 Å². The van der Waals surface area contributed by atoms with Gasteiger partial charge in [-0.15, -0.1) is 11.8 Å². The first-order valence-electron chi connectivity index (χ1n) is 6.50. The molecule has 1 saturated heterocycles. The van der Waals surface area contributed by atoms with Crippen molar-refractivity contribution in [3.05, 3.63) is 0 Å². The molecule has 1 unspecified atom stereocenters. The van der Waals surface area contributed by atoms with Crippen LogP contribution in [0.3, 0.4) is 0 Å². The number of nitrogens with one attached hydrogen (secondary N) is 1. The molecule has 0 saturated carbocycles. The fraction of sp³-hybridized carbons (Fsp3) is 0.833. The van der Waals surface area contributed by atoms with E-state index in [0.717, 1.165) is 0 Å². The summed E-state index contributed by atoms with van der Waals surface area (Å²) in [6, 6.07) is 0. The smallest absolute Gasteiger partial charge is 0.232 e. The van der Waals surface area contributed by atoms with Gasteiger partial charge < -0.3 is 24.8 Å². The minimum atomic E-state index is -0.705. The molecule has 20 heavy (non-hydrogen) atoms. The number of morpholine rings is 1. The van der Waals surface area contributed by atoms with Crippen LogP contribution in [0.25, 0.3) is 0 Å². The highest BCUT2D eigenvalue weighted by Gasteiger charge is 2.17. The second-order valence-corrected chi connectivity index (χ2v) is 5.38. The molecule has 2 N–H and O–H groups in total. The van der Waals surface area contributed by atoms with E-state index in [1.807, 2.05) is 0 Å². The average molecular weight is 306 g/mol. The molecule has 1 fully saturated rings. The summed E-state index contributed by atoms with van der Waals surface area (Å²) in [6.07, 6.45) is -0.705. The van der Waals surface area contributed by atoms with Gasteiger partial charge >= 0.3 is 0 Å². The Kier molecular flexibility index (Phi) is 8.59. The number of rotatable bonds is 8. The molecule has 0 aromatic carbocycles. The summed E-state index contributed by atoms with van der Waals surface area (Å²) >= 11 is 1.27. The van der Waals surface area contributed by atoms with E-state index in [0.29, 0.717) is 26.3 Å². The van der Waals surface area contributed by atoms with Crippen molar-refractivity contribution in [2.45, 2.75) is 6.10 Å². The maximum Gasteiger partial charge on any atom is 0.232 e. The molecule has 0 bridgehead atoms. The highest BCUT2D eigenvalue weighted by molar-refractivity contribution is 8.00. The maximum atomic E-state index is 11.8. The fourth-order valence-corrected chi connectivity index (χ4v) is 2.42. The largest absolute Gasteiger partial charge is 0.389 e. The number of ether oxygens (including phenoxy) is 2. The van der Waals surface area contributed by atoms with E-state index in [1.165, 1.54) is 18.9 Å². The lowest BCUT2D eigenvalue weighted by Crippen LogP contribution is -2.42. The van der Waals surface area contributed by atoms with Gasteiger partial charge in [-0.1, -0.05) is 0 Å². The Labute approximate surface area is 123 Å². The second-order valence-electron chi connectivity index (χ2n) is 4.40. The van der Waals surface area contributed by atoms with Gasteiger partial charge in [0.15, 0.2) is 0 Å². The Bertz CT molecular complexity index is 310. The topological polar surface area (TPSA) is 88.1 Å². The summed E-state index contributed by atoms with van der Waals surface area (Å²) in [5.74, 6) is 0.328. The molecule has 0 aliphatic carbocycles. The van der Waals surface area contributed by atoms with Crippen molar-refractivity contribution in [3.8, 4) is 0 Å². The molecule has 1 rings (SSSR count). The number of thioether (sulfide) groups is 1. The van der Waals surface area contributed by atoms with Crippen LogP contribution in [0.5, 0.6) is 0 Å². The number of nitrogens with zero attached hydrogens (tertiary/aromatic N) is 1. The van der Waals surface area contributed by atoms with Crippen LogP contribution in [0.4, 0.5) is 0 Å². The Morgan fingerprint density at radius 1 is 1.40 bits per heavy atom. The number of aliphatic hydroxyl groups excluding tert-OH is 1. The zero-order valence-corrected chi connectivity index (χ0v) is 12.5. The Morgan fingerprint density at radius 2 is 2.10 bits per heavy atom. The fourth-order valence-electron chi connectivity index (χ4n) is 1.67. The lowest BCUT2D eigenvalue weighted by molar-refractivity contribution is -0.132. The SMILES string of the molecule is COCC(O)CNC(=O)CSCC(=O)N1CCOCC1. The highest BCUT2D eigenvalue weighted by atomic mass is 32.2. The normalized spacial score (nSPS) is 16.8. The molecular formula is C12H22N2O5S. The van der Waals surface area contributed by atoms with Crippen LogP contribution in [0.2, 0.25) is 0 Å². The van der Waals surface area contributed by atoms with E-state index in [9.17, 15) is 14.7 Å². The number of hydrogen-bond donors (Lipinski definition) is 2. The van der Waals surface area contributed by atoms with Gasteiger partial charge in [0.05, 0.1) is 37.4 Å². The quantitative estimate of drug-likeness (QED) is 0.580. The third kappa shape index (κ3) is 7.09. The zero-order chi connectivity index (χ0) is 14.8. The van der Waals surface area contributed by atoms with Crippen molar-refractivity contribution >= 4 is 23.6 Å². The van der Waals surface area contributed by atoms with Gasteiger partial charge in [0.1, 0.15) is 0 Å². The van der Waals surface area contributed by atoms with Gasteiger partial charge in [-0.25, -0.2) is 0 Å². The molecule has 1 aliphatic rings. The number of hydrogen-bond acceptors (Lipinski definition) is 6. The summed E-state index contributed by atoms with van der Waals surface area (Å²) in [4.78, 5) is 25.0. The van der Waals surface area contributed by atoms with Crippen molar-refractivity contribution in [2.75, 3.05) is 58.1 Å². The monoisotopic (exact) mass is 306 g/mol. The van der Waals surface area contributed by atoms with Crippen LogP contribution in [0.1, 0.15) is 0 Å². The van der Waals surface area contributed by atoms with Crippen LogP contribution in [0.15, 0.2) is 0 Å². The predicted octanol–water partition coefficient (Wildman–Crippen LogP) is -1.30. The maximum absolute atomic E-state index is 11.8. The summed E-state index contributed by atoms with van der Waals surface area (Å²) in [5.41, 5.74) is 0. The molecular weight excluding hydrogens is 284 g/mol. The minimum absolute atomic E-state index is 0.0329. The molecule has 0 spiro atoms. The van der Waals surface area contributed by atoms with Gasteiger partial charge in [-0.2, -0.15) is 0 Å². The second kappa shape index (κ2) is 9.98. The summed E-state index contributed by atoms with van der Waals surface area (Å²) in [7, 11) is 1.48. The number of aliphatic hydroxyl groups is 1. The highest BCUT2D eigenvalue weighted by Crippen LogP contribution is 2.05. The zero-order valence-electron chi connectivity index (χ0n) is 11.7. The first-order valence-corrected chi connectivity index (χ1v) is 7.66. The molecule has 0 radical (unpaired) electrons. The van der Waals surface area contributed by atoms with Gasteiger partial charge in [0, 0.05) is 26.7 Å². The van der Waals surface area contributed by atoms with Crippen molar-refractivity contribution < 1.29 is 24.2 Å². The third-order valence-corrected chi connectivity index (χ3v) is 3.63. The third-order valence-electron chi connectivity index (χ3n) is 2.72. The molecule has 0 aromatic heterocycles. The Hall–Kier alpha value is -0.830. The van der Waals surface area contributed by atoms with Crippen LogP contribution < -0.4 is 5.32 Å². The molecule has 0 aromatic rings. The van der Waals surface area contributed by atoms with E-state index in [-0.39, 0.29) is 36.5 Å². The summed E-state index contributed by atoms with van der Waals surface area (Å²) in [5, 5.41) is 11.9. The van der Waals surface area contributed by atoms with Crippen molar-refractivity contribution in [2.24, 2.45) is 0 Å². The Morgan fingerprint density at radius 3 is 2.75 bits per heavy atom. The number of carbonyl (C=O) groups is 2. The van der Waals surface area contributed by atoms with Crippen molar-refractivity contribution in [3.63, 3.8) is 0 Å². The lowest BCUT2D eigenvalue weighted by atomic mass is 10.4. The number of methoxy groups -OCH3 is 1. The van der Waals surface area contributed by atoms with Gasteiger partial charge in [-0.05, 0) is 0 Å². The standard InChI is InChI=1S/C12H22N2O5S/c1-18-7-10(15)6-13-11(16)8-20-9-12(17)14-2-4-19-5-3-14/h10,15H,2-9H2,1H3,(H,13,16). The van der Waals surface area contributed by atoms with Crippen LogP contribution in [-0.4, -0.2) is 86.0 Å². The van der Waals surface area contributed by atoms with Crippen molar-refractivity contribution in [1.82, 2.24) is 10.2 Å². The molecule has 116 valence electrons. The average Bonchev–Trinajstić information content (AvgIpc) is 2.46. The molecule has 1 heterocycles. The van der Waals surface area contributed by atoms with E-state index in [4.69, 9.17) is 9.47 Å². The van der Waals surface area contributed by atoms with Crippen molar-refractivity contribution in [1.29, 1.82) is 0 Å². The molecule has 2 amide bonds. The van der Waals surface area contributed by atoms with E-state index in [1.54, 1.807) is 4.90 Å². The van der Waals surface area contributed by atoms with E-state index < -0.39 is 6.10 Å². The molecule has 7 nitrogen and oxygen atoms in total. The Balaban J connectivity index is 2.07. The summed E-state index contributed by atoms with van der Waals surface area (Å²) < 4.78 is 9.92. The summed E-state index contributed by atoms with van der Waals surface area (Å²) in [6.45, 7) is 2.74. The van der Waals surface area contributed by atoms with Crippen LogP contribution in [0, 0.1) is 0 Å². The molecule has 1 atom stereocenters. The predicted molar refractivity (Wildman–Crippen MR) is 75.6 cm³/mol. The molecule has 8 heteroatoms. The first-order chi connectivity index (χ1) is 9.63.